The molecule has 1 N–H and O–H groups in total. The molecule has 0 radical (unpaired) electrons. The van der Waals surface area contributed by atoms with E-state index in [2.05, 4.69) is 37.6 Å². The molecule has 2 rings (SSSR count). The smallest absolute Gasteiger partial charge is 0.371 e. The third kappa shape index (κ3) is 2.04. The first-order chi connectivity index (χ1) is 7.08. The van der Waals surface area contributed by atoms with Crippen LogP contribution in [0.5, 0.6) is 0 Å². The predicted molar refractivity (Wildman–Crippen MR) is 61.8 cm³/mol. The zero-order valence-corrected chi connectivity index (χ0v) is 10.2. The van der Waals surface area contributed by atoms with Crippen molar-refractivity contribution in [2.24, 2.45) is 4.99 Å². The number of rotatable bonds is 0. The molecular formula is C9H9IN2O3. The number of nitrogens with one attached hydrogen (secondary N) is 1. The van der Waals surface area contributed by atoms with Crippen LogP contribution >= 0.6 is 22.6 Å². The zero-order valence-electron chi connectivity index (χ0n) is 8.04. The van der Waals surface area contributed by atoms with Crippen molar-refractivity contribution in [2.45, 2.75) is 25.9 Å². The first-order valence-electron chi connectivity index (χ1n) is 4.54. The molecule has 0 saturated carbocycles. The Labute approximate surface area is 100 Å². The molecule has 80 valence electrons. The largest absolute Gasteiger partial charge is 0.416 e. The van der Waals surface area contributed by atoms with Gasteiger partial charge in [-0.25, -0.2) is 9.59 Å². The van der Waals surface area contributed by atoms with Crippen LogP contribution < -0.4 is 5.32 Å². The van der Waals surface area contributed by atoms with Crippen LogP contribution in [0.15, 0.2) is 14.1 Å². The highest BCUT2D eigenvalue weighted by atomic mass is 127. The fourth-order valence-electron chi connectivity index (χ4n) is 1.49. The SMILES string of the molecule is CC1=C(I)C2=NC(CC1)NC(=O)OC2=O. The molecule has 2 aliphatic rings. The summed E-state index contributed by atoms with van der Waals surface area (Å²) < 4.78 is 5.33. The molecule has 1 unspecified atom stereocenters. The summed E-state index contributed by atoms with van der Waals surface area (Å²) in [6.07, 6.45) is 0.460. The molecule has 2 heterocycles. The van der Waals surface area contributed by atoms with Crippen LogP contribution in [0.4, 0.5) is 4.79 Å². The monoisotopic (exact) mass is 320 g/mol. The Morgan fingerprint density at radius 1 is 1.53 bits per heavy atom. The minimum absolute atomic E-state index is 0.258. The first-order valence-corrected chi connectivity index (χ1v) is 5.62. The van der Waals surface area contributed by atoms with Gasteiger partial charge in [0.1, 0.15) is 6.17 Å². The average Bonchev–Trinajstić information content (AvgIpc) is 2.39. The summed E-state index contributed by atoms with van der Waals surface area (Å²) in [6.45, 7) is 1.95. The van der Waals surface area contributed by atoms with E-state index in [0.29, 0.717) is 6.42 Å². The summed E-state index contributed by atoms with van der Waals surface area (Å²) in [5.41, 5.74) is 1.36. The zero-order chi connectivity index (χ0) is 11.0. The molecule has 0 aromatic carbocycles. The van der Waals surface area contributed by atoms with E-state index in [4.69, 9.17) is 0 Å². The number of alkyl carbamates (subject to hydrolysis) is 1. The van der Waals surface area contributed by atoms with Gasteiger partial charge in [-0.15, -0.1) is 0 Å². The number of fused-ring (bicyclic) bond motifs is 1. The van der Waals surface area contributed by atoms with Crippen LogP contribution in [0, 0.1) is 0 Å². The second-order valence-corrected chi connectivity index (χ2v) is 4.53. The van der Waals surface area contributed by atoms with Crippen molar-refractivity contribution < 1.29 is 14.3 Å². The summed E-state index contributed by atoms with van der Waals surface area (Å²) in [5.74, 6) is -0.666. The van der Waals surface area contributed by atoms with Gasteiger partial charge in [0.05, 0.1) is 0 Å². The van der Waals surface area contributed by atoms with Crippen LogP contribution in [0.1, 0.15) is 19.8 Å². The Morgan fingerprint density at radius 3 is 3.00 bits per heavy atom. The van der Waals surface area contributed by atoms with Crippen LogP contribution in [0.3, 0.4) is 0 Å². The van der Waals surface area contributed by atoms with E-state index in [0.717, 1.165) is 15.6 Å². The highest BCUT2D eigenvalue weighted by Gasteiger charge is 2.30. The molecule has 0 fully saturated rings. The molecular weight excluding hydrogens is 311 g/mol. The Morgan fingerprint density at radius 2 is 2.27 bits per heavy atom. The van der Waals surface area contributed by atoms with E-state index in [1.807, 2.05) is 6.92 Å². The fraction of sp³-hybridized carbons (Fsp3) is 0.444. The lowest BCUT2D eigenvalue weighted by molar-refractivity contribution is -0.129. The van der Waals surface area contributed by atoms with E-state index in [9.17, 15) is 9.59 Å². The van der Waals surface area contributed by atoms with Crippen molar-refractivity contribution in [2.75, 3.05) is 0 Å². The Balaban J connectivity index is 2.43. The summed E-state index contributed by atoms with van der Waals surface area (Å²) in [7, 11) is 0. The molecule has 0 saturated heterocycles. The van der Waals surface area contributed by atoms with Crippen molar-refractivity contribution in [3.63, 3.8) is 0 Å². The van der Waals surface area contributed by atoms with Gasteiger partial charge in [0.2, 0.25) is 0 Å². The number of halogens is 1. The number of allylic oxidation sites excluding steroid dienone is 1. The van der Waals surface area contributed by atoms with Crippen molar-refractivity contribution in [1.82, 2.24) is 5.32 Å². The van der Waals surface area contributed by atoms with Gasteiger partial charge in [0.15, 0.2) is 5.71 Å². The molecule has 0 aliphatic carbocycles. The number of amides is 1. The van der Waals surface area contributed by atoms with Crippen molar-refractivity contribution in [3.05, 3.63) is 9.15 Å². The maximum absolute atomic E-state index is 11.5. The number of hydrogen-bond acceptors (Lipinski definition) is 4. The van der Waals surface area contributed by atoms with Crippen LogP contribution in [0.2, 0.25) is 0 Å². The molecule has 2 bridgehead atoms. The first kappa shape index (κ1) is 10.6. The predicted octanol–water partition coefficient (Wildman–Crippen LogP) is 1.52. The number of hydrogen-bond donors (Lipinski definition) is 1. The molecule has 15 heavy (non-hydrogen) atoms. The van der Waals surface area contributed by atoms with Gasteiger partial charge in [0, 0.05) is 3.58 Å². The summed E-state index contributed by atoms with van der Waals surface area (Å²) >= 11 is 2.06. The van der Waals surface area contributed by atoms with Gasteiger partial charge < -0.3 is 4.74 Å². The number of esters is 1. The number of carbonyl (C=O) groups excluding carboxylic acids is 2. The fourth-order valence-corrected chi connectivity index (χ4v) is 2.12. The molecule has 1 atom stereocenters. The van der Waals surface area contributed by atoms with E-state index < -0.39 is 12.1 Å². The van der Waals surface area contributed by atoms with Gasteiger partial charge in [-0.1, -0.05) is 5.57 Å². The maximum Gasteiger partial charge on any atom is 0.416 e. The van der Waals surface area contributed by atoms with E-state index in [1.165, 1.54) is 0 Å². The lowest BCUT2D eigenvalue weighted by Crippen LogP contribution is -2.32. The van der Waals surface area contributed by atoms with Gasteiger partial charge in [-0.05, 0) is 42.4 Å². The molecule has 2 aliphatic heterocycles. The molecule has 0 aromatic heterocycles. The topological polar surface area (TPSA) is 67.8 Å². The van der Waals surface area contributed by atoms with Crippen LogP contribution in [0.25, 0.3) is 0 Å². The van der Waals surface area contributed by atoms with Gasteiger partial charge in [-0.2, -0.15) is 0 Å². The second-order valence-electron chi connectivity index (χ2n) is 3.45. The third-order valence-electron chi connectivity index (χ3n) is 2.32. The number of aliphatic imine (C=N–C) groups is 1. The van der Waals surface area contributed by atoms with Crippen LogP contribution in [-0.4, -0.2) is 23.9 Å². The van der Waals surface area contributed by atoms with Crippen molar-refractivity contribution in [1.29, 1.82) is 0 Å². The van der Waals surface area contributed by atoms with Crippen molar-refractivity contribution >= 4 is 40.4 Å². The Bertz CT molecular complexity index is 400. The van der Waals surface area contributed by atoms with E-state index in [-0.39, 0.29) is 11.9 Å². The minimum atomic E-state index is -0.715. The summed E-state index contributed by atoms with van der Waals surface area (Å²) in [4.78, 5) is 26.8. The number of cyclic esters (lactones) is 2. The van der Waals surface area contributed by atoms with E-state index >= 15 is 0 Å². The van der Waals surface area contributed by atoms with E-state index in [1.54, 1.807) is 0 Å². The van der Waals surface area contributed by atoms with Gasteiger partial charge >= 0.3 is 12.1 Å². The number of nitrogens with zero attached hydrogens (tertiary/aromatic N) is 1. The summed E-state index contributed by atoms with van der Waals surface area (Å²) in [5, 5.41) is 2.52. The number of ether oxygens (including phenoxy) is 1. The average molecular weight is 320 g/mol. The Kier molecular flexibility index (Phi) is 2.76. The molecule has 1 amide bonds. The quantitative estimate of drug-likeness (QED) is 0.418. The number of carbonyl (C=O) groups is 2. The lowest BCUT2D eigenvalue weighted by atomic mass is 10.1. The maximum atomic E-state index is 11.5. The molecule has 6 heteroatoms. The Hall–Kier alpha value is -0.920. The van der Waals surface area contributed by atoms with Gasteiger partial charge in [0.25, 0.3) is 0 Å². The molecule has 0 aromatic rings. The molecule has 5 nitrogen and oxygen atoms in total. The lowest BCUT2D eigenvalue weighted by Gasteiger charge is -2.09. The minimum Gasteiger partial charge on any atom is -0.371 e. The van der Waals surface area contributed by atoms with Crippen molar-refractivity contribution in [3.8, 4) is 0 Å². The third-order valence-corrected chi connectivity index (χ3v) is 3.76. The highest BCUT2D eigenvalue weighted by molar-refractivity contribution is 14.1. The standard InChI is InChI=1S/C9H9IN2O3/c1-4-2-3-5-11-7(6(4)10)8(13)15-9(14)12-5/h5H,2-3H2,1H3,(H,12,14). The molecule has 0 spiro atoms. The van der Waals surface area contributed by atoms with Crippen LogP contribution in [-0.2, 0) is 9.53 Å². The highest BCUT2D eigenvalue weighted by Crippen LogP contribution is 2.25. The summed E-state index contributed by atoms with van der Waals surface area (Å²) in [6, 6.07) is 0. The second kappa shape index (κ2) is 3.92. The van der Waals surface area contributed by atoms with Gasteiger partial charge in [-0.3, -0.25) is 10.3 Å². The normalized spacial score (nSPS) is 26.3.